The smallest absolute Gasteiger partial charge is 0.287 e. The predicted molar refractivity (Wildman–Crippen MR) is 95.1 cm³/mol. The van der Waals surface area contributed by atoms with Gasteiger partial charge in [-0.1, -0.05) is 18.2 Å². The number of carbonyl (C=O) groups is 1. The highest BCUT2D eigenvalue weighted by molar-refractivity contribution is 5.93. The Balaban J connectivity index is 1.71. The van der Waals surface area contributed by atoms with Gasteiger partial charge in [-0.15, -0.1) is 0 Å². The SMILES string of the molecule is CC(N)CCNC(=O)c1occc1CN1c2ccccc2CC1C. The van der Waals surface area contributed by atoms with Crippen LogP contribution >= 0.6 is 0 Å². The summed E-state index contributed by atoms with van der Waals surface area (Å²) >= 11 is 0. The maximum Gasteiger partial charge on any atom is 0.287 e. The molecular weight excluding hydrogens is 302 g/mol. The Hall–Kier alpha value is -2.27. The highest BCUT2D eigenvalue weighted by Gasteiger charge is 2.27. The number of furan rings is 1. The quantitative estimate of drug-likeness (QED) is 0.856. The normalized spacial score (nSPS) is 17.6. The topological polar surface area (TPSA) is 71.5 Å². The molecule has 0 aliphatic carbocycles. The van der Waals surface area contributed by atoms with E-state index in [2.05, 4.69) is 41.4 Å². The van der Waals surface area contributed by atoms with Crippen molar-refractivity contribution in [1.82, 2.24) is 5.32 Å². The molecule has 3 N–H and O–H groups in total. The fourth-order valence-electron chi connectivity index (χ4n) is 3.21. The Kier molecular flexibility index (Phi) is 4.90. The van der Waals surface area contributed by atoms with E-state index in [0.29, 0.717) is 24.9 Å². The lowest BCUT2D eigenvalue weighted by Crippen LogP contribution is -2.31. The van der Waals surface area contributed by atoms with Gasteiger partial charge >= 0.3 is 0 Å². The molecule has 5 nitrogen and oxygen atoms in total. The minimum atomic E-state index is -0.171. The lowest BCUT2D eigenvalue weighted by molar-refractivity contribution is 0.0923. The van der Waals surface area contributed by atoms with Crippen molar-refractivity contribution < 1.29 is 9.21 Å². The van der Waals surface area contributed by atoms with Gasteiger partial charge in [0.05, 0.1) is 6.26 Å². The van der Waals surface area contributed by atoms with Gasteiger partial charge in [0.25, 0.3) is 5.91 Å². The maximum atomic E-state index is 12.3. The number of nitrogens with one attached hydrogen (secondary N) is 1. The van der Waals surface area contributed by atoms with Crippen LogP contribution in [0.2, 0.25) is 0 Å². The predicted octanol–water partition coefficient (Wildman–Crippen LogP) is 2.70. The fraction of sp³-hybridized carbons (Fsp3) is 0.421. The third-order valence-electron chi connectivity index (χ3n) is 4.53. The van der Waals surface area contributed by atoms with Crippen molar-refractivity contribution in [1.29, 1.82) is 0 Å². The van der Waals surface area contributed by atoms with Gasteiger partial charge in [-0.3, -0.25) is 4.79 Å². The average molecular weight is 327 g/mol. The van der Waals surface area contributed by atoms with Crippen LogP contribution in [0.15, 0.2) is 41.0 Å². The lowest BCUT2D eigenvalue weighted by Gasteiger charge is -2.24. The van der Waals surface area contributed by atoms with Crippen molar-refractivity contribution in [2.24, 2.45) is 5.73 Å². The minimum absolute atomic E-state index is 0.0725. The number of hydrogen-bond donors (Lipinski definition) is 2. The standard InChI is InChI=1S/C19H25N3O2/c1-13(20)7-9-21-19(23)18-16(8-10-24-18)12-22-14(2)11-15-5-3-4-6-17(15)22/h3-6,8,10,13-14H,7,9,11-12,20H2,1-2H3,(H,21,23). The van der Waals surface area contributed by atoms with E-state index in [-0.39, 0.29) is 11.9 Å². The van der Waals surface area contributed by atoms with E-state index in [1.165, 1.54) is 11.3 Å². The van der Waals surface area contributed by atoms with E-state index >= 15 is 0 Å². The van der Waals surface area contributed by atoms with Crippen molar-refractivity contribution in [2.75, 3.05) is 11.4 Å². The van der Waals surface area contributed by atoms with Gasteiger partial charge in [-0.05, 0) is 44.4 Å². The first kappa shape index (κ1) is 16.6. The molecule has 24 heavy (non-hydrogen) atoms. The van der Waals surface area contributed by atoms with E-state index in [1.807, 2.05) is 13.0 Å². The Morgan fingerprint density at radius 3 is 3.00 bits per heavy atom. The van der Waals surface area contributed by atoms with Gasteiger partial charge < -0.3 is 20.4 Å². The molecule has 2 unspecified atom stereocenters. The molecule has 1 aromatic heterocycles. The second-order valence-corrected chi connectivity index (χ2v) is 6.61. The molecule has 1 aliphatic heterocycles. The van der Waals surface area contributed by atoms with Crippen LogP contribution in [0.4, 0.5) is 5.69 Å². The molecule has 128 valence electrons. The van der Waals surface area contributed by atoms with Gasteiger partial charge in [0.2, 0.25) is 0 Å². The van der Waals surface area contributed by atoms with Crippen LogP contribution in [0.1, 0.15) is 41.9 Å². The van der Waals surface area contributed by atoms with Crippen molar-refractivity contribution >= 4 is 11.6 Å². The molecule has 0 radical (unpaired) electrons. The highest BCUT2D eigenvalue weighted by atomic mass is 16.3. The number of para-hydroxylation sites is 1. The number of carbonyl (C=O) groups excluding carboxylic acids is 1. The molecule has 3 rings (SSSR count). The van der Waals surface area contributed by atoms with Crippen molar-refractivity contribution in [2.45, 2.75) is 45.3 Å². The number of nitrogens with two attached hydrogens (primary N) is 1. The summed E-state index contributed by atoms with van der Waals surface area (Å²) in [5, 5.41) is 2.88. The van der Waals surface area contributed by atoms with Gasteiger partial charge in [-0.2, -0.15) is 0 Å². The van der Waals surface area contributed by atoms with Gasteiger partial charge in [0.1, 0.15) is 0 Å². The molecule has 1 aliphatic rings. The third kappa shape index (κ3) is 3.46. The lowest BCUT2D eigenvalue weighted by atomic mass is 10.1. The van der Waals surface area contributed by atoms with Gasteiger partial charge in [0, 0.05) is 36.4 Å². The van der Waals surface area contributed by atoms with Crippen molar-refractivity contribution in [3.8, 4) is 0 Å². The van der Waals surface area contributed by atoms with E-state index in [9.17, 15) is 4.79 Å². The number of nitrogens with zero attached hydrogens (tertiary/aromatic N) is 1. The molecule has 5 heteroatoms. The van der Waals surface area contributed by atoms with Crippen molar-refractivity contribution in [3.05, 3.63) is 53.5 Å². The van der Waals surface area contributed by atoms with Crippen LogP contribution in [0, 0.1) is 0 Å². The Morgan fingerprint density at radius 2 is 2.21 bits per heavy atom. The zero-order valence-electron chi connectivity index (χ0n) is 14.3. The molecule has 0 saturated carbocycles. The van der Waals surface area contributed by atoms with Crippen LogP contribution in [-0.2, 0) is 13.0 Å². The van der Waals surface area contributed by atoms with Crippen LogP contribution in [0.3, 0.4) is 0 Å². The molecule has 2 heterocycles. The second-order valence-electron chi connectivity index (χ2n) is 6.61. The summed E-state index contributed by atoms with van der Waals surface area (Å²) in [5.74, 6) is 0.229. The molecule has 0 fully saturated rings. The summed E-state index contributed by atoms with van der Waals surface area (Å²) in [6.45, 7) is 5.36. The Morgan fingerprint density at radius 1 is 1.42 bits per heavy atom. The number of anilines is 1. The first-order valence-electron chi connectivity index (χ1n) is 8.51. The van der Waals surface area contributed by atoms with Gasteiger partial charge in [-0.25, -0.2) is 0 Å². The molecule has 1 amide bonds. The fourth-order valence-corrected chi connectivity index (χ4v) is 3.21. The van der Waals surface area contributed by atoms with E-state index in [0.717, 1.165) is 18.4 Å². The van der Waals surface area contributed by atoms with Crippen LogP contribution in [0.5, 0.6) is 0 Å². The zero-order valence-corrected chi connectivity index (χ0v) is 14.3. The third-order valence-corrected chi connectivity index (χ3v) is 4.53. The molecule has 0 bridgehead atoms. The Bertz CT molecular complexity index is 708. The first-order chi connectivity index (χ1) is 11.6. The average Bonchev–Trinajstić information content (AvgIpc) is 3.12. The monoisotopic (exact) mass is 327 g/mol. The first-order valence-corrected chi connectivity index (χ1v) is 8.51. The molecular formula is C19H25N3O2. The Labute approximate surface area is 142 Å². The summed E-state index contributed by atoms with van der Waals surface area (Å²) in [6, 6.07) is 10.8. The summed E-state index contributed by atoms with van der Waals surface area (Å²) in [7, 11) is 0. The van der Waals surface area contributed by atoms with E-state index in [4.69, 9.17) is 10.2 Å². The number of rotatable bonds is 6. The summed E-state index contributed by atoms with van der Waals surface area (Å²) in [5.41, 5.74) is 9.23. The summed E-state index contributed by atoms with van der Waals surface area (Å²) in [4.78, 5) is 14.7. The highest BCUT2D eigenvalue weighted by Crippen LogP contribution is 2.33. The van der Waals surface area contributed by atoms with Crippen LogP contribution in [-0.4, -0.2) is 24.5 Å². The minimum Gasteiger partial charge on any atom is -0.459 e. The maximum absolute atomic E-state index is 12.3. The summed E-state index contributed by atoms with van der Waals surface area (Å²) in [6.07, 6.45) is 3.37. The molecule has 0 spiro atoms. The molecule has 0 saturated heterocycles. The number of benzene rings is 1. The second kappa shape index (κ2) is 7.09. The largest absolute Gasteiger partial charge is 0.459 e. The number of fused-ring (bicyclic) bond motifs is 1. The van der Waals surface area contributed by atoms with Crippen LogP contribution < -0.4 is 16.0 Å². The van der Waals surface area contributed by atoms with Gasteiger partial charge in [0.15, 0.2) is 5.76 Å². The zero-order chi connectivity index (χ0) is 17.1. The van der Waals surface area contributed by atoms with E-state index in [1.54, 1.807) is 6.26 Å². The number of hydrogen-bond acceptors (Lipinski definition) is 4. The van der Waals surface area contributed by atoms with Crippen molar-refractivity contribution in [3.63, 3.8) is 0 Å². The van der Waals surface area contributed by atoms with E-state index < -0.39 is 0 Å². The molecule has 1 aromatic carbocycles. The summed E-state index contributed by atoms with van der Waals surface area (Å²) < 4.78 is 5.45. The van der Waals surface area contributed by atoms with Crippen LogP contribution in [0.25, 0.3) is 0 Å². The molecule has 2 atom stereocenters. The molecule has 2 aromatic rings. The number of amides is 1.